The summed E-state index contributed by atoms with van der Waals surface area (Å²) in [5.41, 5.74) is 7.08. The Bertz CT molecular complexity index is 960. The standard InChI is InChI=1S/C19H13N/c1-2-17(20)15-10-8-14-7-6-12-4-3-5-13-9-11-16(15)19(14)18(12)13/h1,3-11,17H,20H2. The summed E-state index contributed by atoms with van der Waals surface area (Å²) < 4.78 is 0. The van der Waals surface area contributed by atoms with Crippen molar-refractivity contribution in [3.8, 4) is 12.3 Å². The van der Waals surface area contributed by atoms with Gasteiger partial charge in [0.15, 0.2) is 0 Å². The van der Waals surface area contributed by atoms with Gasteiger partial charge in [0.2, 0.25) is 0 Å². The fourth-order valence-electron chi connectivity index (χ4n) is 3.12. The first kappa shape index (κ1) is 11.3. The van der Waals surface area contributed by atoms with Gasteiger partial charge in [0.25, 0.3) is 0 Å². The molecular weight excluding hydrogens is 242 g/mol. The highest BCUT2D eigenvalue weighted by molar-refractivity contribution is 6.23. The van der Waals surface area contributed by atoms with E-state index in [0.717, 1.165) is 10.9 Å². The third-order valence-corrected chi connectivity index (χ3v) is 4.08. The maximum Gasteiger partial charge on any atom is 0.0924 e. The van der Waals surface area contributed by atoms with Crippen molar-refractivity contribution in [1.82, 2.24) is 0 Å². The summed E-state index contributed by atoms with van der Waals surface area (Å²) in [6.45, 7) is 0. The molecule has 20 heavy (non-hydrogen) atoms. The van der Waals surface area contributed by atoms with Gasteiger partial charge in [0, 0.05) is 0 Å². The number of terminal acetylenes is 1. The van der Waals surface area contributed by atoms with E-state index >= 15 is 0 Å². The van der Waals surface area contributed by atoms with Gasteiger partial charge in [-0.05, 0) is 37.9 Å². The maximum absolute atomic E-state index is 6.06. The van der Waals surface area contributed by atoms with Crippen LogP contribution in [0.3, 0.4) is 0 Å². The quantitative estimate of drug-likeness (QED) is 0.400. The zero-order valence-corrected chi connectivity index (χ0v) is 10.9. The second-order valence-electron chi connectivity index (χ2n) is 5.16. The van der Waals surface area contributed by atoms with E-state index in [1.54, 1.807) is 0 Å². The molecule has 1 atom stereocenters. The number of nitrogens with two attached hydrogens (primary N) is 1. The smallest absolute Gasteiger partial charge is 0.0924 e. The SMILES string of the molecule is C#CC(N)c1ccc2ccc3cccc4ccc1c2c34. The van der Waals surface area contributed by atoms with Crippen molar-refractivity contribution in [2.45, 2.75) is 6.04 Å². The summed E-state index contributed by atoms with van der Waals surface area (Å²) in [7, 11) is 0. The van der Waals surface area contributed by atoms with Gasteiger partial charge < -0.3 is 5.73 Å². The first-order valence-corrected chi connectivity index (χ1v) is 6.68. The van der Waals surface area contributed by atoms with E-state index < -0.39 is 0 Å². The second kappa shape index (κ2) is 3.96. The zero-order chi connectivity index (χ0) is 13.7. The molecular formula is C19H13N. The van der Waals surface area contributed by atoms with Crippen LogP contribution < -0.4 is 5.73 Å². The molecule has 2 N–H and O–H groups in total. The van der Waals surface area contributed by atoms with Crippen LogP contribution in [0.1, 0.15) is 11.6 Å². The lowest BCUT2D eigenvalue weighted by Crippen LogP contribution is -2.07. The van der Waals surface area contributed by atoms with Gasteiger partial charge >= 0.3 is 0 Å². The van der Waals surface area contributed by atoms with Crippen LogP contribution >= 0.6 is 0 Å². The lowest BCUT2D eigenvalue weighted by atomic mass is 9.90. The molecule has 4 rings (SSSR count). The fourth-order valence-corrected chi connectivity index (χ4v) is 3.12. The molecule has 4 aromatic rings. The molecule has 0 aliphatic rings. The summed E-state index contributed by atoms with van der Waals surface area (Å²) in [4.78, 5) is 0. The average molecular weight is 255 g/mol. The van der Waals surface area contributed by atoms with Gasteiger partial charge in [0.05, 0.1) is 6.04 Å². The molecule has 94 valence electrons. The maximum atomic E-state index is 6.06. The van der Waals surface area contributed by atoms with Crippen molar-refractivity contribution >= 4 is 32.3 Å². The highest BCUT2D eigenvalue weighted by atomic mass is 14.6. The second-order valence-corrected chi connectivity index (χ2v) is 5.16. The van der Waals surface area contributed by atoms with E-state index in [4.69, 9.17) is 12.2 Å². The van der Waals surface area contributed by atoms with Gasteiger partial charge in [-0.1, -0.05) is 60.5 Å². The molecule has 0 bridgehead atoms. The Hall–Kier alpha value is -2.56. The minimum Gasteiger partial charge on any atom is -0.314 e. The topological polar surface area (TPSA) is 26.0 Å². The molecule has 0 saturated carbocycles. The predicted molar refractivity (Wildman–Crippen MR) is 85.9 cm³/mol. The minimum absolute atomic E-state index is 0.362. The Kier molecular flexibility index (Phi) is 2.24. The summed E-state index contributed by atoms with van der Waals surface area (Å²) in [5, 5.41) is 7.48. The molecule has 0 aliphatic carbocycles. The van der Waals surface area contributed by atoms with Crippen molar-refractivity contribution in [3.05, 3.63) is 60.2 Å². The van der Waals surface area contributed by atoms with E-state index in [2.05, 4.69) is 54.5 Å². The van der Waals surface area contributed by atoms with Crippen molar-refractivity contribution in [2.75, 3.05) is 0 Å². The molecule has 1 unspecified atom stereocenters. The van der Waals surface area contributed by atoms with Gasteiger partial charge in [0.1, 0.15) is 0 Å². The molecule has 0 aliphatic heterocycles. The minimum atomic E-state index is -0.362. The van der Waals surface area contributed by atoms with Gasteiger partial charge in [-0.3, -0.25) is 0 Å². The molecule has 0 radical (unpaired) electrons. The number of hydrogen-bond donors (Lipinski definition) is 1. The lowest BCUT2D eigenvalue weighted by Gasteiger charge is -2.15. The third-order valence-electron chi connectivity index (χ3n) is 4.08. The number of benzene rings is 4. The highest BCUT2D eigenvalue weighted by Gasteiger charge is 2.12. The first-order valence-electron chi connectivity index (χ1n) is 6.68. The summed E-state index contributed by atoms with van der Waals surface area (Å²) >= 11 is 0. The average Bonchev–Trinajstić information content (AvgIpc) is 2.51. The monoisotopic (exact) mass is 255 g/mol. The summed E-state index contributed by atoms with van der Waals surface area (Å²) in [6.07, 6.45) is 5.50. The Morgan fingerprint density at radius 3 is 2.10 bits per heavy atom. The Balaban J connectivity index is 2.30. The van der Waals surface area contributed by atoms with E-state index in [0.29, 0.717) is 0 Å². The van der Waals surface area contributed by atoms with Crippen molar-refractivity contribution in [1.29, 1.82) is 0 Å². The Morgan fingerprint density at radius 1 is 0.800 bits per heavy atom. The molecule has 1 nitrogen and oxygen atoms in total. The van der Waals surface area contributed by atoms with Crippen LogP contribution in [0.2, 0.25) is 0 Å². The summed E-state index contributed by atoms with van der Waals surface area (Å²) in [6, 6.07) is 18.8. The van der Waals surface area contributed by atoms with Crippen molar-refractivity contribution < 1.29 is 0 Å². The lowest BCUT2D eigenvalue weighted by molar-refractivity contribution is 0.959. The van der Waals surface area contributed by atoms with Gasteiger partial charge in [-0.15, -0.1) is 6.42 Å². The van der Waals surface area contributed by atoms with Crippen LogP contribution in [0.5, 0.6) is 0 Å². The summed E-state index contributed by atoms with van der Waals surface area (Å²) in [5.74, 6) is 2.63. The van der Waals surface area contributed by atoms with E-state index in [9.17, 15) is 0 Å². The molecule has 0 saturated heterocycles. The molecule has 4 aromatic carbocycles. The third kappa shape index (κ3) is 1.37. The number of hydrogen-bond acceptors (Lipinski definition) is 1. The van der Waals surface area contributed by atoms with Crippen LogP contribution in [0, 0.1) is 12.3 Å². The van der Waals surface area contributed by atoms with Crippen molar-refractivity contribution in [3.63, 3.8) is 0 Å². The zero-order valence-electron chi connectivity index (χ0n) is 10.9. The largest absolute Gasteiger partial charge is 0.314 e. The van der Waals surface area contributed by atoms with Crippen LogP contribution in [0.4, 0.5) is 0 Å². The Morgan fingerprint density at radius 2 is 1.40 bits per heavy atom. The van der Waals surface area contributed by atoms with Crippen molar-refractivity contribution in [2.24, 2.45) is 5.73 Å². The van der Waals surface area contributed by atoms with Crippen LogP contribution in [0.25, 0.3) is 32.3 Å². The van der Waals surface area contributed by atoms with Crippen LogP contribution in [-0.2, 0) is 0 Å². The molecule has 0 fully saturated rings. The predicted octanol–water partition coefficient (Wildman–Crippen LogP) is 4.22. The van der Waals surface area contributed by atoms with Gasteiger partial charge in [-0.25, -0.2) is 0 Å². The molecule has 0 amide bonds. The molecule has 0 aromatic heterocycles. The highest BCUT2D eigenvalue weighted by Crippen LogP contribution is 2.36. The fraction of sp³-hybridized carbons (Fsp3) is 0.0526. The molecule has 1 heteroatoms. The molecule has 0 heterocycles. The van der Waals surface area contributed by atoms with E-state index in [1.807, 2.05) is 6.07 Å². The van der Waals surface area contributed by atoms with E-state index in [1.165, 1.54) is 26.9 Å². The number of rotatable bonds is 1. The van der Waals surface area contributed by atoms with Gasteiger partial charge in [-0.2, -0.15) is 0 Å². The first-order chi connectivity index (χ1) is 9.79. The van der Waals surface area contributed by atoms with Crippen LogP contribution in [0.15, 0.2) is 54.6 Å². The Labute approximate surface area is 117 Å². The normalized spacial score (nSPS) is 13.0. The van der Waals surface area contributed by atoms with E-state index in [-0.39, 0.29) is 6.04 Å². The molecule has 0 spiro atoms. The van der Waals surface area contributed by atoms with Crippen LogP contribution in [-0.4, -0.2) is 0 Å².